The van der Waals surface area contributed by atoms with Crippen LogP contribution in [0.2, 0.25) is 0 Å². The molecule has 3 rings (SSSR count). The summed E-state index contributed by atoms with van der Waals surface area (Å²) in [7, 11) is 0. The average Bonchev–Trinajstić information content (AvgIpc) is 2.96. The second-order valence-corrected chi connectivity index (χ2v) is 6.33. The first-order valence-corrected chi connectivity index (χ1v) is 7.41. The molecule has 1 atom stereocenters. The number of benzene rings is 1. The van der Waals surface area contributed by atoms with Crippen LogP contribution in [-0.2, 0) is 19.0 Å². The normalized spacial score (nSPS) is 16.0. The second kappa shape index (κ2) is 5.10. The van der Waals surface area contributed by atoms with Crippen molar-refractivity contribution in [3.05, 3.63) is 56.5 Å². The smallest absolute Gasteiger partial charge is 0.320 e. The molecule has 1 unspecified atom stereocenters. The molecule has 0 radical (unpaired) electrons. The van der Waals surface area contributed by atoms with Crippen LogP contribution >= 0.6 is 11.3 Å². The Labute approximate surface area is 123 Å². The van der Waals surface area contributed by atoms with E-state index in [4.69, 9.17) is 5.73 Å². The summed E-state index contributed by atoms with van der Waals surface area (Å²) in [5.41, 5.74) is 6.43. The van der Waals surface area contributed by atoms with Gasteiger partial charge in [0.05, 0.1) is 11.6 Å². The number of nitrogens with two attached hydrogens (primary N) is 1. The summed E-state index contributed by atoms with van der Waals surface area (Å²) in [4.78, 5) is 2.16. The molecule has 1 aliphatic carbocycles. The maximum Gasteiger partial charge on any atom is 0.419 e. The van der Waals surface area contributed by atoms with Gasteiger partial charge in [0.2, 0.25) is 0 Å². The lowest BCUT2D eigenvalue weighted by Gasteiger charge is -2.13. The van der Waals surface area contributed by atoms with Gasteiger partial charge in [0, 0.05) is 9.75 Å². The summed E-state index contributed by atoms with van der Waals surface area (Å²) < 4.78 is 51.2. The topological polar surface area (TPSA) is 26.0 Å². The minimum atomic E-state index is -4.68. The second-order valence-electron chi connectivity index (χ2n) is 5.17. The van der Waals surface area contributed by atoms with E-state index in [9.17, 15) is 17.6 Å². The fourth-order valence-corrected chi connectivity index (χ4v) is 3.91. The van der Waals surface area contributed by atoms with Crippen LogP contribution in [-0.4, -0.2) is 0 Å². The molecule has 2 aromatic rings. The maximum absolute atomic E-state index is 13.6. The molecule has 6 heteroatoms. The van der Waals surface area contributed by atoms with E-state index >= 15 is 0 Å². The highest BCUT2D eigenvalue weighted by molar-refractivity contribution is 7.12. The molecule has 0 saturated carbocycles. The number of halogens is 4. The first kappa shape index (κ1) is 14.5. The van der Waals surface area contributed by atoms with Crippen molar-refractivity contribution in [2.45, 2.75) is 31.5 Å². The van der Waals surface area contributed by atoms with E-state index in [2.05, 4.69) is 0 Å². The van der Waals surface area contributed by atoms with Crippen molar-refractivity contribution in [3.8, 4) is 0 Å². The van der Waals surface area contributed by atoms with Crippen molar-refractivity contribution in [3.63, 3.8) is 0 Å². The van der Waals surface area contributed by atoms with Crippen molar-refractivity contribution >= 4 is 11.3 Å². The van der Waals surface area contributed by atoms with Crippen LogP contribution < -0.4 is 5.73 Å². The molecule has 0 saturated heterocycles. The molecule has 0 aliphatic heterocycles. The number of aryl methyl sites for hydroxylation is 2. The lowest BCUT2D eigenvalue weighted by molar-refractivity contribution is -0.140. The zero-order valence-electron chi connectivity index (χ0n) is 11.0. The number of rotatable bonds is 2. The van der Waals surface area contributed by atoms with Gasteiger partial charge in [0.1, 0.15) is 5.82 Å². The molecule has 112 valence electrons. The van der Waals surface area contributed by atoms with Crippen LogP contribution in [0.25, 0.3) is 0 Å². The Morgan fingerprint density at radius 2 is 1.90 bits per heavy atom. The summed E-state index contributed by atoms with van der Waals surface area (Å²) in [6.07, 6.45) is -1.52. The highest BCUT2D eigenvalue weighted by atomic mass is 32.1. The van der Waals surface area contributed by atoms with Crippen molar-refractivity contribution < 1.29 is 17.6 Å². The molecular formula is C15H13F4NS. The van der Waals surface area contributed by atoms with Crippen LogP contribution in [0.15, 0.2) is 24.3 Å². The van der Waals surface area contributed by atoms with Gasteiger partial charge in [0.25, 0.3) is 0 Å². The number of fused-ring (bicyclic) bond motifs is 1. The molecule has 1 aromatic carbocycles. The van der Waals surface area contributed by atoms with E-state index in [0.717, 1.165) is 36.3 Å². The van der Waals surface area contributed by atoms with Gasteiger partial charge in [-0.25, -0.2) is 4.39 Å². The molecule has 1 heterocycles. The zero-order valence-corrected chi connectivity index (χ0v) is 11.8. The summed E-state index contributed by atoms with van der Waals surface area (Å²) in [6.45, 7) is 0. The highest BCUT2D eigenvalue weighted by Crippen LogP contribution is 2.37. The van der Waals surface area contributed by atoms with Crippen LogP contribution in [0.4, 0.5) is 17.6 Å². The van der Waals surface area contributed by atoms with Gasteiger partial charge in [-0.15, -0.1) is 11.3 Å². The summed E-state index contributed by atoms with van der Waals surface area (Å²) in [6, 6.07) is 4.30. The molecule has 0 amide bonds. The molecule has 1 aliphatic rings. The molecule has 0 bridgehead atoms. The Morgan fingerprint density at radius 3 is 2.52 bits per heavy atom. The minimum Gasteiger partial charge on any atom is -0.320 e. The number of alkyl halides is 3. The maximum atomic E-state index is 13.6. The first-order chi connectivity index (χ1) is 9.86. The Morgan fingerprint density at radius 1 is 1.14 bits per heavy atom. The standard InChI is InChI=1S/C15H13F4NS/c16-11-6-9(4-5-10(11)15(17,18)19)14(20)13-7-8-2-1-3-12(8)21-13/h4-7,14H,1-3,20H2. The van der Waals surface area contributed by atoms with Crippen LogP contribution in [0.3, 0.4) is 0 Å². The molecule has 21 heavy (non-hydrogen) atoms. The molecule has 0 fully saturated rings. The van der Waals surface area contributed by atoms with E-state index in [1.807, 2.05) is 6.07 Å². The van der Waals surface area contributed by atoms with Gasteiger partial charge in [-0.3, -0.25) is 0 Å². The summed E-state index contributed by atoms with van der Waals surface area (Å²) >= 11 is 1.57. The number of thiophene rings is 1. The summed E-state index contributed by atoms with van der Waals surface area (Å²) in [5.74, 6) is -1.28. The first-order valence-electron chi connectivity index (χ1n) is 6.60. The monoisotopic (exact) mass is 315 g/mol. The van der Waals surface area contributed by atoms with Gasteiger partial charge < -0.3 is 5.73 Å². The van der Waals surface area contributed by atoms with Crippen molar-refractivity contribution in [2.24, 2.45) is 5.73 Å². The Hall–Kier alpha value is -1.40. The zero-order chi connectivity index (χ0) is 15.2. The molecule has 1 aromatic heterocycles. The SMILES string of the molecule is NC(c1ccc(C(F)(F)F)c(F)c1)c1cc2c(s1)CCC2. The molecule has 1 nitrogen and oxygen atoms in total. The van der Waals surface area contributed by atoms with Crippen LogP contribution in [0.1, 0.15) is 38.9 Å². The third-order valence-electron chi connectivity index (χ3n) is 3.73. The van der Waals surface area contributed by atoms with E-state index in [1.165, 1.54) is 16.5 Å². The van der Waals surface area contributed by atoms with Crippen molar-refractivity contribution in [2.75, 3.05) is 0 Å². The number of hydrogen-bond donors (Lipinski definition) is 1. The van der Waals surface area contributed by atoms with Crippen molar-refractivity contribution in [1.29, 1.82) is 0 Å². The Balaban J connectivity index is 1.91. The third-order valence-corrected chi connectivity index (χ3v) is 5.05. The van der Waals surface area contributed by atoms with E-state index in [0.29, 0.717) is 5.56 Å². The van der Waals surface area contributed by atoms with Crippen LogP contribution in [0, 0.1) is 5.82 Å². The van der Waals surface area contributed by atoms with E-state index in [-0.39, 0.29) is 0 Å². The molecular weight excluding hydrogens is 302 g/mol. The van der Waals surface area contributed by atoms with Crippen molar-refractivity contribution in [1.82, 2.24) is 0 Å². The quantitative estimate of drug-likeness (QED) is 0.815. The summed E-state index contributed by atoms with van der Waals surface area (Å²) in [5, 5.41) is 0. The van der Waals surface area contributed by atoms with Gasteiger partial charge in [-0.2, -0.15) is 13.2 Å². The Bertz CT molecular complexity index is 653. The van der Waals surface area contributed by atoms with Gasteiger partial charge in [-0.1, -0.05) is 6.07 Å². The predicted octanol–water partition coefficient (Wildman–Crippen LogP) is 4.44. The van der Waals surface area contributed by atoms with Crippen LogP contribution in [0.5, 0.6) is 0 Å². The fraction of sp³-hybridized carbons (Fsp3) is 0.333. The molecule has 0 spiro atoms. The Kier molecular flexibility index (Phi) is 3.53. The predicted molar refractivity (Wildman–Crippen MR) is 73.8 cm³/mol. The fourth-order valence-electron chi connectivity index (χ4n) is 2.62. The molecule has 2 N–H and O–H groups in total. The van der Waals surface area contributed by atoms with E-state index < -0.39 is 23.6 Å². The van der Waals surface area contributed by atoms with E-state index in [1.54, 1.807) is 11.3 Å². The van der Waals surface area contributed by atoms with Gasteiger partial charge in [0.15, 0.2) is 0 Å². The third kappa shape index (κ3) is 2.70. The van der Waals surface area contributed by atoms with Gasteiger partial charge in [-0.05, 0) is 48.6 Å². The minimum absolute atomic E-state index is 0.362. The van der Waals surface area contributed by atoms with Gasteiger partial charge >= 0.3 is 6.18 Å². The largest absolute Gasteiger partial charge is 0.419 e. The lowest BCUT2D eigenvalue weighted by atomic mass is 10.0. The lowest BCUT2D eigenvalue weighted by Crippen LogP contribution is -2.13. The number of hydrogen-bond acceptors (Lipinski definition) is 2. The average molecular weight is 315 g/mol. The highest BCUT2D eigenvalue weighted by Gasteiger charge is 2.34.